The van der Waals surface area contributed by atoms with E-state index in [9.17, 15) is 9.18 Å². The fraction of sp³-hybridized carbons (Fsp3) is 0.143. The Hall–Kier alpha value is -4.39. The van der Waals surface area contributed by atoms with E-state index in [1.807, 2.05) is 47.9 Å². The van der Waals surface area contributed by atoms with Gasteiger partial charge in [0.25, 0.3) is 5.56 Å². The van der Waals surface area contributed by atoms with Gasteiger partial charge >= 0.3 is 0 Å². The zero-order valence-electron chi connectivity index (χ0n) is 19.4. The van der Waals surface area contributed by atoms with Gasteiger partial charge in [-0.05, 0) is 60.9 Å². The van der Waals surface area contributed by atoms with Crippen LogP contribution in [-0.4, -0.2) is 24.1 Å². The third kappa shape index (κ3) is 3.47. The first-order chi connectivity index (χ1) is 17.0. The fourth-order valence-electron chi connectivity index (χ4n) is 4.51. The van der Waals surface area contributed by atoms with Crippen LogP contribution in [0.4, 0.5) is 4.39 Å². The third-order valence-corrected chi connectivity index (χ3v) is 6.41. The first kappa shape index (κ1) is 21.2. The SMILES string of the molecule is CCc1ccc(-n2c3nc4ccccc4nc3c3c(=O)n(Cc4ccc(F)cc4)c(C)nc32)cc1. The number of aryl methyl sites for hydroxylation is 2. The van der Waals surface area contributed by atoms with Crippen LogP contribution in [0.15, 0.2) is 77.6 Å². The monoisotopic (exact) mass is 463 g/mol. The van der Waals surface area contributed by atoms with Crippen molar-refractivity contribution in [3.63, 3.8) is 0 Å². The molecule has 0 amide bonds. The number of hydrogen-bond donors (Lipinski definition) is 0. The quantitative estimate of drug-likeness (QED) is 0.354. The molecule has 6 aromatic rings. The second kappa shape index (κ2) is 8.13. The van der Waals surface area contributed by atoms with Gasteiger partial charge in [0, 0.05) is 5.69 Å². The van der Waals surface area contributed by atoms with E-state index in [4.69, 9.17) is 15.0 Å². The summed E-state index contributed by atoms with van der Waals surface area (Å²) in [5.74, 6) is 0.247. The molecule has 3 heterocycles. The van der Waals surface area contributed by atoms with Crippen molar-refractivity contribution in [2.45, 2.75) is 26.8 Å². The molecule has 7 heteroatoms. The molecule has 35 heavy (non-hydrogen) atoms. The lowest BCUT2D eigenvalue weighted by Crippen LogP contribution is -2.24. The van der Waals surface area contributed by atoms with E-state index in [1.54, 1.807) is 16.7 Å². The molecule has 0 spiro atoms. The summed E-state index contributed by atoms with van der Waals surface area (Å²) < 4.78 is 16.9. The van der Waals surface area contributed by atoms with Crippen molar-refractivity contribution in [1.82, 2.24) is 24.1 Å². The molecule has 6 nitrogen and oxygen atoms in total. The maximum Gasteiger partial charge on any atom is 0.265 e. The molecule has 0 saturated heterocycles. The lowest BCUT2D eigenvalue weighted by atomic mass is 10.1. The van der Waals surface area contributed by atoms with Gasteiger partial charge in [-0.2, -0.15) is 0 Å². The van der Waals surface area contributed by atoms with E-state index in [2.05, 4.69) is 19.1 Å². The Labute approximate surface area is 200 Å². The number of fused-ring (bicyclic) bond motifs is 4. The Bertz CT molecular complexity index is 1780. The van der Waals surface area contributed by atoms with Crippen molar-refractivity contribution in [2.75, 3.05) is 0 Å². The minimum absolute atomic E-state index is 0.199. The normalized spacial score (nSPS) is 11.6. The molecular weight excluding hydrogens is 441 g/mol. The summed E-state index contributed by atoms with van der Waals surface area (Å²) in [5.41, 5.74) is 5.80. The topological polar surface area (TPSA) is 65.6 Å². The molecule has 172 valence electrons. The lowest BCUT2D eigenvalue weighted by molar-refractivity contribution is 0.625. The van der Waals surface area contributed by atoms with Gasteiger partial charge in [0.2, 0.25) is 0 Å². The molecule has 0 unspecified atom stereocenters. The van der Waals surface area contributed by atoms with E-state index in [0.29, 0.717) is 33.5 Å². The predicted octanol–water partition coefficient (Wildman–Crippen LogP) is 5.34. The van der Waals surface area contributed by atoms with Crippen LogP contribution in [0, 0.1) is 12.7 Å². The van der Waals surface area contributed by atoms with Crippen LogP contribution in [0.3, 0.4) is 0 Å². The van der Waals surface area contributed by atoms with Gasteiger partial charge in [0.15, 0.2) is 11.3 Å². The number of hydrogen-bond acceptors (Lipinski definition) is 4. The van der Waals surface area contributed by atoms with Gasteiger partial charge in [0.05, 0.1) is 17.6 Å². The van der Waals surface area contributed by atoms with Crippen molar-refractivity contribution in [1.29, 1.82) is 0 Å². The largest absolute Gasteiger partial charge is 0.292 e. The number of nitrogens with zero attached hydrogens (tertiary/aromatic N) is 5. The zero-order valence-corrected chi connectivity index (χ0v) is 19.4. The maximum atomic E-state index is 13.9. The van der Waals surface area contributed by atoms with Gasteiger partial charge < -0.3 is 0 Å². The molecule has 0 N–H and O–H groups in total. The van der Waals surface area contributed by atoms with Gasteiger partial charge in [-0.1, -0.05) is 43.3 Å². The van der Waals surface area contributed by atoms with Gasteiger partial charge in [-0.25, -0.2) is 19.3 Å². The molecule has 3 aromatic carbocycles. The first-order valence-electron chi connectivity index (χ1n) is 11.6. The molecule has 0 aliphatic rings. The van der Waals surface area contributed by atoms with E-state index in [0.717, 1.165) is 23.2 Å². The Morgan fingerprint density at radius 2 is 1.46 bits per heavy atom. The Morgan fingerprint density at radius 3 is 2.14 bits per heavy atom. The minimum Gasteiger partial charge on any atom is -0.292 e. The number of benzene rings is 3. The summed E-state index contributed by atoms with van der Waals surface area (Å²) in [6.07, 6.45) is 0.934. The third-order valence-electron chi connectivity index (χ3n) is 6.41. The highest BCUT2D eigenvalue weighted by Gasteiger charge is 2.22. The number of rotatable bonds is 4. The highest BCUT2D eigenvalue weighted by atomic mass is 19.1. The summed E-state index contributed by atoms with van der Waals surface area (Å²) >= 11 is 0. The molecule has 6 rings (SSSR count). The lowest BCUT2D eigenvalue weighted by Gasteiger charge is -2.11. The Balaban J connectivity index is 1.68. The predicted molar refractivity (Wildman–Crippen MR) is 136 cm³/mol. The maximum absolute atomic E-state index is 13.9. The van der Waals surface area contributed by atoms with Crippen molar-refractivity contribution >= 4 is 33.2 Å². The van der Waals surface area contributed by atoms with Gasteiger partial charge in [0.1, 0.15) is 22.5 Å². The minimum atomic E-state index is -0.314. The van der Waals surface area contributed by atoms with Crippen LogP contribution in [0.5, 0.6) is 0 Å². The van der Waals surface area contributed by atoms with Gasteiger partial charge in [-0.3, -0.25) is 13.9 Å². The standard InChI is InChI=1S/C28H22FN5O/c1-3-18-10-14-21(15-11-18)34-26-24(25-27(34)32-23-7-5-4-6-22(23)31-25)28(35)33(17(2)30-26)16-19-8-12-20(29)13-9-19/h4-15H,3,16H2,1-2H3. The van der Waals surface area contributed by atoms with E-state index in [1.165, 1.54) is 17.7 Å². The molecule has 0 saturated carbocycles. The molecule has 0 atom stereocenters. The molecule has 0 fully saturated rings. The summed E-state index contributed by atoms with van der Waals surface area (Å²) in [6.45, 7) is 4.21. The van der Waals surface area contributed by atoms with Crippen LogP contribution in [0.1, 0.15) is 23.9 Å². The summed E-state index contributed by atoms with van der Waals surface area (Å²) in [6, 6.07) is 22.0. The van der Waals surface area contributed by atoms with E-state index in [-0.39, 0.29) is 17.9 Å². The number of para-hydroxylation sites is 2. The highest BCUT2D eigenvalue weighted by molar-refractivity contribution is 6.05. The average Bonchev–Trinajstić information content (AvgIpc) is 3.19. The van der Waals surface area contributed by atoms with Gasteiger partial charge in [-0.15, -0.1) is 0 Å². The fourth-order valence-corrected chi connectivity index (χ4v) is 4.51. The summed E-state index contributed by atoms with van der Waals surface area (Å²) in [4.78, 5) is 28.5. The number of halogens is 1. The van der Waals surface area contributed by atoms with Crippen LogP contribution in [-0.2, 0) is 13.0 Å². The van der Waals surface area contributed by atoms with Crippen molar-refractivity contribution in [2.24, 2.45) is 0 Å². The first-order valence-corrected chi connectivity index (χ1v) is 11.6. The second-order valence-corrected chi connectivity index (χ2v) is 8.62. The molecule has 0 aliphatic heterocycles. The smallest absolute Gasteiger partial charge is 0.265 e. The second-order valence-electron chi connectivity index (χ2n) is 8.62. The van der Waals surface area contributed by atoms with Crippen LogP contribution in [0.25, 0.3) is 38.9 Å². The zero-order chi connectivity index (χ0) is 24.1. The average molecular weight is 464 g/mol. The van der Waals surface area contributed by atoms with Crippen molar-refractivity contribution in [3.05, 3.63) is 106 Å². The molecular formula is C28H22FN5O. The van der Waals surface area contributed by atoms with Crippen LogP contribution >= 0.6 is 0 Å². The molecule has 3 aromatic heterocycles. The summed E-state index contributed by atoms with van der Waals surface area (Å²) in [7, 11) is 0. The molecule has 0 aliphatic carbocycles. The van der Waals surface area contributed by atoms with Crippen LogP contribution in [0.2, 0.25) is 0 Å². The van der Waals surface area contributed by atoms with Crippen LogP contribution < -0.4 is 5.56 Å². The Morgan fingerprint density at radius 1 is 0.800 bits per heavy atom. The van der Waals surface area contributed by atoms with E-state index >= 15 is 0 Å². The highest BCUT2D eigenvalue weighted by Crippen LogP contribution is 2.29. The number of aromatic nitrogens is 5. The summed E-state index contributed by atoms with van der Waals surface area (Å²) in [5, 5.41) is 0.422. The molecule has 0 bridgehead atoms. The van der Waals surface area contributed by atoms with Crippen molar-refractivity contribution in [3.8, 4) is 5.69 Å². The Kier molecular flexibility index (Phi) is 4.91. The molecule has 0 radical (unpaired) electrons. The van der Waals surface area contributed by atoms with E-state index < -0.39 is 0 Å². The van der Waals surface area contributed by atoms with Crippen molar-refractivity contribution < 1.29 is 4.39 Å².